The minimum absolute atomic E-state index is 0.0729. The maximum Gasteiger partial charge on any atom is 0.404 e. The molecular formula is C11H21ClO2. The maximum absolute atomic E-state index is 10.4. The van der Waals surface area contributed by atoms with E-state index in [-0.39, 0.29) is 6.10 Å². The van der Waals surface area contributed by atoms with Crippen molar-refractivity contribution in [2.24, 2.45) is 5.92 Å². The molecule has 3 heteroatoms. The van der Waals surface area contributed by atoms with E-state index in [2.05, 4.69) is 20.8 Å². The highest BCUT2D eigenvalue weighted by atomic mass is 35.5. The molecule has 0 unspecified atom stereocenters. The highest BCUT2D eigenvalue weighted by molar-refractivity contribution is 6.61. The quantitative estimate of drug-likeness (QED) is 0.614. The first-order chi connectivity index (χ1) is 6.60. The van der Waals surface area contributed by atoms with Gasteiger partial charge in [-0.25, -0.2) is 4.79 Å². The molecule has 0 amide bonds. The van der Waals surface area contributed by atoms with E-state index in [1.54, 1.807) is 0 Å². The zero-order valence-corrected chi connectivity index (χ0v) is 10.1. The second-order valence-electron chi connectivity index (χ2n) is 3.96. The lowest BCUT2D eigenvalue weighted by Gasteiger charge is -2.25. The standard InChI is InChI=1S/C8H13ClO2.C3H8/c1-6-3-2-4-7(5-6)11-8(9)10;1-3-2/h6-7H,2-5H2,1H3;3H2,1-2H3/t6-,7+;/m0./s1. The summed E-state index contributed by atoms with van der Waals surface area (Å²) >= 11 is 5.10. The summed E-state index contributed by atoms with van der Waals surface area (Å²) in [6.45, 7) is 6.42. The van der Waals surface area contributed by atoms with Crippen LogP contribution in [-0.4, -0.2) is 11.5 Å². The lowest BCUT2D eigenvalue weighted by atomic mass is 9.89. The van der Waals surface area contributed by atoms with Gasteiger partial charge in [-0.15, -0.1) is 0 Å². The van der Waals surface area contributed by atoms with E-state index >= 15 is 0 Å². The summed E-state index contributed by atoms with van der Waals surface area (Å²) in [6, 6.07) is 0. The lowest BCUT2D eigenvalue weighted by molar-refractivity contribution is 0.0803. The van der Waals surface area contributed by atoms with Crippen molar-refractivity contribution < 1.29 is 9.53 Å². The number of rotatable bonds is 1. The molecule has 0 N–H and O–H groups in total. The van der Waals surface area contributed by atoms with Gasteiger partial charge < -0.3 is 4.74 Å². The van der Waals surface area contributed by atoms with Gasteiger partial charge in [0.2, 0.25) is 0 Å². The number of ether oxygens (including phenoxy) is 1. The minimum atomic E-state index is -0.663. The molecular weight excluding hydrogens is 200 g/mol. The second kappa shape index (κ2) is 8.10. The van der Waals surface area contributed by atoms with E-state index in [1.165, 1.54) is 12.8 Å². The Balaban J connectivity index is 0.000000500. The van der Waals surface area contributed by atoms with Gasteiger partial charge in [-0.1, -0.05) is 33.6 Å². The van der Waals surface area contributed by atoms with Gasteiger partial charge in [0.05, 0.1) is 0 Å². The van der Waals surface area contributed by atoms with Crippen molar-refractivity contribution in [1.29, 1.82) is 0 Å². The normalized spacial score (nSPS) is 26.0. The van der Waals surface area contributed by atoms with Gasteiger partial charge in [0.1, 0.15) is 6.10 Å². The summed E-state index contributed by atoms with van der Waals surface area (Å²) in [5.41, 5.74) is -0.663. The predicted molar refractivity (Wildman–Crippen MR) is 59.7 cm³/mol. The Morgan fingerprint density at radius 2 is 2.00 bits per heavy atom. The summed E-state index contributed by atoms with van der Waals surface area (Å²) in [5, 5.41) is 0. The fourth-order valence-electron chi connectivity index (χ4n) is 1.62. The molecule has 0 spiro atoms. The van der Waals surface area contributed by atoms with Gasteiger partial charge in [-0.3, -0.25) is 0 Å². The second-order valence-corrected chi connectivity index (χ2v) is 4.26. The Labute approximate surface area is 92.0 Å². The van der Waals surface area contributed by atoms with Crippen LogP contribution in [0.1, 0.15) is 52.9 Å². The monoisotopic (exact) mass is 220 g/mol. The largest absolute Gasteiger partial charge is 0.450 e. The van der Waals surface area contributed by atoms with Crippen molar-refractivity contribution in [3.63, 3.8) is 0 Å². The lowest BCUT2D eigenvalue weighted by Crippen LogP contribution is -2.22. The molecule has 0 aromatic heterocycles. The van der Waals surface area contributed by atoms with E-state index in [0.717, 1.165) is 19.3 Å². The van der Waals surface area contributed by atoms with E-state index < -0.39 is 5.43 Å². The summed E-state index contributed by atoms with van der Waals surface area (Å²) in [4.78, 5) is 10.4. The van der Waals surface area contributed by atoms with Crippen molar-refractivity contribution >= 4 is 17.0 Å². The van der Waals surface area contributed by atoms with Gasteiger partial charge in [0.25, 0.3) is 0 Å². The molecule has 0 aromatic rings. The molecule has 0 saturated heterocycles. The molecule has 0 aliphatic heterocycles. The van der Waals surface area contributed by atoms with Gasteiger partial charge in [0, 0.05) is 11.6 Å². The molecule has 14 heavy (non-hydrogen) atoms. The third-order valence-electron chi connectivity index (χ3n) is 2.15. The molecule has 0 heterocycles. The Morgan fingerprint density at radius 3 is 2.43 bits per heavy atom. The summed E-state index contributed by atoms with van der Waals surface area (Å²) in [5.74, 6) is 0.671. The first-order valence-electron chi connectivity index (χ1n) is 5.46. The highest BCUT2D eigenvalue weighted by Gasteiger charge is 2.21. The molecule has 1 rings (SSSR count). The molecule has 0 aromatic carbocycles. The molecule has 2 nitrogen and oxygen atoms in total. The van der Waals surface area contributed by atoms with Crippen molar-refractivity contribution in [3.05, 3.63) is 0 Å². The number of carbonyl (C=O) groups excluding carboxylic acids is 1. The smallest absolute Gasteiger partial charge is 0.404 e. The third kappa shape index (κ3) is 7.19. The van der Waals surface area contributed by atoms with Crippen LogP contribution in [0.3, 0.4) is 0 Å². The predicted octanol–water partition coefficient (Wildman–Crippen LogP) is 4.36. The summed E-state index contributed by atoms with van der Waals surface area (Å²) in [6.07, 6.45) is 5.66. The van der Waals surface area contributed by atoms with Crippen LogP contribution < -0.4 is 0 Å². The number of hydrogen-bond acceptors (Lipinski definition) is 2. The van der Waals surface area contributed by atoms with Crippen LogP contribution in [0.15, 0.2) is 0 Å². The fourth-order valence-corrected chi connectivity index (χ4v) is 1.74. The van der Waals surface area contributed by atoms with E-state index in [4.69, 9.17) is 16.3 Å². The van der Waals surface area contributed by atoms with Crippen LogP contribution in [-0.2, 0) is 4.74 Å². The SMILES string of the molecule is CCC.C[C@H]1CCC[C@@H](OC(=O)Cl)C1. The van der Waals surface area contributed by atoms with Crippen molar-refractivity contribution in [3.8, 4) is 0 Å². The molecule has 1 aliphatic rings. The summed E-state index contributed by atoms with van der Waals surface area (Å²) < 4.78 is 4.89. The summed E-state index contributed by atoms with van der Waals surface area (Å²) in [7, 11) is 0. The molecule has 84 valence electrons. The van der Waals surface area contributed by atoms with Crippen LogP contribution in [0.4, 0.5) is 4.79 Å². The number of halogens is 1. The van der Waals surface area contributed by atoms with Gasteiger partial charge in [-0.05, 0) is 25.2 Å². The van der Waals surface area contributed by atoms with Crippen molar-refractivity contribution in [1.82, 2.24) is 0 Å². The minimum Gasteiger partial charge on any atom is -0.450 e. The zero-order valence-electron chi connectivity index (χ0n) is 9.38. The number of carbonyl (C=O) groups is 1. The topological polar surface area (TPSA) is 26.3 Å². The molecule has 0 radical (unpaired) electrons. The van der Waals surface area contributed by atoms with Gasteiger partial charge in [0.15, 0.2) is 0 Å². The first-order valence-corrected chi connectivity index (χ1v) is 5.84. The van der Waals surface area contributed by atoms with Crippen molar-refractivity contribution in [2.45, 2.75) is 59.0 Å². The third-order valence-corrected chi connectivity index (χ3v) is 2.24. The molecule has 1 fully saturated rings. The molecule has 2 atom stereocenters. The Bertz CT molecular complexity index is 159. The highest BCUT2D eigenvalue weighted by Crippen LogP contribution is 2.25. The maximum atomic E-state index is 10.4. The van der Waals surface area contributed by atoms with Gasteiger partial charge in [-0.2, -0.15) is 0 Å². The van der Waals surface area contributed by atoms with E-state index in [0.29, 0.717) is 5.92 Å². The van der Waals surface area contributed by atoms with Gasteiger partial charge >= 0.3 is 5.43 Å². The molecule has 1 aliphatic carbocycles. The number of hydrogen-bond donors (Lipinski definition) is 0. The van der Waals surface area contributed by atoms with E-state index in [9.17, 15) is 4.79 Å². The van der Waals surface area contributed by atoms with Crippen LogP contribution in [0, 0.1) is 5.92 Å². The Hall–Kier alpha value is -0.240. The first kappa shape index (κ1) is 13.8. The molecule has 1 saturated carbocycles. The average molecular weight is 221 g/mol. The average Bonchev–Trinajstić information content (AvgIpc) is 2.03. The van der Waals surface area contributed by atoms with Crippen LogP contribution in [0.25, 0.3) is 0 Å². The Morgan fingerprint density at radius 1 is 1.43 bits per heavy atom. The molecule has 0 bridgehead atoms. The fraction of sp³-hybridized carbons (Fsp3) is 0.909. The van der Waals surface area contributed by atoms with Crippen LogP contribution in [0.5, 0.6) is 0 Å². The van der Waals surface area contributed by atoms with E-state index in [1.807, 2.05) is 0 Å². The Kier molecular flexibility index (Phi) is 7.96. The van der Waals surface area contributed by atoms with Crippen LogP contribution in [0.2, 0.25) is 0 Å². The van der Waals surface area contributed by atoms with Crippen molar-refractivity contribution in [2.75, 3.05) is 0 Å². The van der Waals surface area contributed by atoms with Crippen LogP contribution >= 0.6 is 11.6 Å². The zero-order chi connectivity index (χ0) is 11.0.